The zero-order chi connectivity index (χ0) is 18.8. The van der Waals surface area contributed by atoms with Gasteiger partial charge in [-0.3, -0.25) is 14.3 Å². The minimum atomic E-state index is -0.0127. The van der Waals surface area contributed by atoms with Crippen molar-refractivity contribution in [1.82, 2.24) is 29.2 Å². The van der Waals surface area contributed by atoms with E-state index in [0.717, 1.165) is 35.4 Å². The van der Waals surface area contributed by atoms with E-state index >= 15 is 0 Å². The number of hydrogen-bond donors (Lipinski definition) is 0. The summed E-state index contributed by atoms with van der Waals surface area (Å²) < 4.78 is 3.71. The molecule has 0 spiro atoms. The Morgan fingerprint density at radius 3 is 2.56 bits per heavy atom. The van der Waals surface area contributed by atoms with Crippen LogP contribution in [0, 0.1) is 0 Å². The highest BCUT2D eigenvalue weighted by Crippen LogP contribution is 2.16. The van der Waals surface area contributed by atoms with Gasteiger partial charge >= 0.3 is 0 Å². The van der Waals surface area contributed by atoms with Gasteiger partial charge in [0.1, 0.15) is 5.82 Å². The summed E-state index contributed by atoms with van der Waals surface area (Å²) in [6, 6.07) is 7.57. The van der Waals surface area contributed by atoms with Crippen molar-refractivity contribution in [2.45, 2.75) is 37.5 Å². The monoisotopic (exact) mass is 384 g/mol. The van der Waals surface area contributed by atoms with Crippen LogP contribution in [-0.2, 0) is 20.1 Å². The molecule has 0 amide bonds. The first kappa shape index (κ1) is 18.2. The van der Waals surface area contributed by atoms with Crippen molar-refractivity contribution in [1.29, 1.82) is 0 Å². The van der Waals surface area contributed by atoms with Gasteiger partial charge in [0.05, 0.1) is 24.0 Å². The molecule has 7 nitrogen and oxygen atoms in total. The van der Waals surface area contributed by atoms with Crippen molar-refractivity contribution in [3.63, 3.8) is 0 Å². The molecule has 1 aliphatic rings. The van der Waals surface area contributed by atoms with Crippen LogP contribution in [-0.4, -0.2) is 48.6 Å². The van der Waals surface area contributed by atoms with E-state index in [9.17, 15) is 4.79 Å². The summed E-state index contributed by atoms with van der Waals surface area (Å²) in [5.41, 5.74) is 0.745. The molecule has 3 aromatic rings. The molecule has 0 N–H and O–H groups in total. The van der Waals surface area contributed by atoms with Crippen molar-refractivity contribution < 1.29 is 0 Å². The van der Waals surface area contributed by atoms with Crippen LogP contribution in [0.1, 0.15) is 30.9 Å². The fourth-order valence-electron chi connectivity index (χ4n) is 3.62. The highest BCUT2D eigenvalue weighted by molar-refractivity contribution is 7.98. The topological polar surface area (TPSA) is 68.8 Å². The van der Waals surface area contributed by atoms with Gasteiger partial charge < -0.3 is 4.57 Å². The fraction of sp³-hybridized carbons (Fsp3) is 0.474. The van der Waals surface area contributed by atoms with Crippen LogP contribution in [0.25, 0.3) is 10.9 Å². The third-order valence-electron chi connectivity index (χ3n) is 5.16. The van der Waals surface area contributed by atoms with Gasteiger partial charge in [0.25, 0.3) is 5.56 Å². The molecule has 1 saturated heterocycles. The molecule has 1 fully saturated rings. The van der Waals surface area contributed by atoms with Gasteiger partial charge in [-0.25, -0.2) is 4.98 Å². The number of para-hydroxylation sites is 1. The zero-order valence-electron chi connectivity index (χ0n) is 15.8. The van der Waals surface area contributed by atoms with Crippen molar-refractivity contribution >= 4 is 22.7 Å². The van der Waals surface area contributed by atoms with Crippen LogP contribution >= 0.6 is 11.8 Å². The van der Waals surface area contributed by atoms with Crippen molar-refractivity contribution in [2.75, 3.05) is 19.3 Å². The number of nitrogens with zero attached hydrogens (tertiary/aromatic N) is 6. The van der Waals surface area contributed by atoms with Gasteiger partial charge in [-0.05, 0) is 44.3 Å². The van der Waals surface area contributed by atoms with E-state index in [1.165, 1.54) is 19.3 Å². The fourth-order valence-corrected chi connectivity index (χ4v) is 4.12. The van der Waals surface area contributed by atoms with Crippen LogP contribution < -0.4 is 5.56 Å². The number of fused-ring (bicyclic) bond motifs is 1. The summed E-state index contributed by atoms with van der Waals surface area (Å²) in [6.07, 6.45) is 5.67. The Bertz CT molecular complexity index is 1010. The molecule has 0 radical (unpaired) electrons. The molecule has 8 heteroatoms. The first-order valence-electron chi connectivity index (χ1n) is 9.30. The Balaban J connectivity index is 1.77. The first-order valence-corrected chi connectivity index (χ1v) is 10.5. The van der Waals surface area contributed by atoms with E-state index in [4.69, 9.17) is 4.98 Å². The molecule has 142 valence electrons. The van der Waals surface area contributed by atoms with E-state index in [2.05, 4.69) is 15.1 Å². The zero-order valence-corrected chi connectivity index (χ0v) is 16.6. The molecule has 0 saturated carbocycles. The molecule has 2 aromatic heterocycles. The number of thioether (sulfide) groups is 1. The van der Waals surface area contributed by atoms with Crippen molar-refractivity contribution in [2.24, 2.45) is 7.05 Å². The summed E-state index contributed by atoms with van der Waals surface area (Å²) in [5.74, 6) is 1.56. The standard InChI is InChI=1S/C19H24N6OS/c1-23-17(21-22-19(23)27-2)13-25-16(12-24-10-6-3-7-11-24)20-15-9-5-4-8-14(15)18(25)26/h4-5,8-9H,3,6-7,10-13H2,1-2H3. The lowest BCUT2D eigenvalue weighted by atomic mass is 10.1. The lowest BCUT2D eigenvalue weighted by molar-refractivity contribution is 0.212. The summed E-state index contributed by atoms with van der Waals surface area (Å²) >= 11 is 1.54. The van der Waals surface area contributed by atoms with Crippen LogP contribution in [0.2, 0.25) is 0 Å². The first-order chi connectivity index (χ1) is 13.2. The number of benzene rings is 1. The molecule has 4 rings (SSSR count). The van der Waals surface area contributed by atoms with Gasteiger partial charge in [-0.1, -0.05) is 30.3 Å². The second kappa shape index (κ2) is 7.82. The number of likely N-dealkylation sites (tertiary alicyclic amines) is 1. The summed E-state index contributed by atoms with van der Waals surface area (Å²) in [5, 5.41) is 9.96. The predicted octanol–water partition coefficient (Wildman–Crippen LogP) is 2.28. The van der Waals surface area contributed by atoms with Crippen molar-refractivity contribution in [3.8, 4) is 0 Å². The molecule has 0 atom stereocenters. The molecule has 0 bridgehead atoms. The highest BCUT2D eigenvalue weighted by atomic mass is 32.2. The highest BCUT2D eigenvalue weighted by Gasteiger charge is 2.18. The van der Waals surface area contributed by atoms with E-state index < -0.39 is 0 Å². The Morgan fingerprint density at radius 2 is 1.81 bits per heavy atom. The lowest BCUT2D eigenvalue weighted by Gasteiger charge is -2.27. The van der Waals surface area contributed by atoms with Crippen molar-refractivity contribution in [3.05, 3.63) is 46.3 Å². The maximum atomic E-state index is 13.2. The van der Waals surface area contributed by atoms with Gasteiger partial charge in [0, 0.05) is 7.05 Å². The lowest BCUT2D eigenvalue weighted by Crippen LogP contribution is -2.34. The summed E-state index contributed by atoms with van der Waals surface area (Å²) in [7, 11) is 1.94. The van der Waals surface area contributed by atoms with Gasteiger partial charge in [-0.2, -0.15) is 0 Å². The second-order valence-electron chi connectivity index (χ2n) is 6.94. The molecule has 1 aromatic carbocycles. The minimum Gasteiger partial charge on any atom is -0.308 e. The number of aromatic nitrogens is 5. The summed E-state index contributed by atoms with van der Waals surface area (Å²) in [6.45, 7) is 3.18. The molecule has 3 heterocycles. The number of piperidine rings is 1. The normalized spacial score (nSPS) is 15.5. The molecule has 27 heavy (non-hydrogen) atoms. The molecule has 0 unspecified atom stereocenters. The average Bonchev–Trinajstić information content (AvgIpc) is 3.05. The van der Waals surface area contributed by atoms with Crippen LogP contribution in [0.15, 0.2) is 34.2 Å². The molecule has 1 aliphatic heterocycles. The Morgan fingerprint density at radius 1 is 1.04 bits per heavy atom. The second-order valence-corrected chi connectivity index (χ2v) is 7.71. The van der Waals surface area contributed by atoms with Gasteiger partial charge in [0.2, 0.25) is 0 Å². The van der Waals surface area contributed by atoms with E-state index in [1.807, 2.05) is 42.1 Å². The molecule has 0 aliphatic carbocycles. The largest absolute Gasteiger partial charge is 0.308 e. The Labute approximate surface area is 162 Å². The van der Waals surface area contributed by atoms with Crippen LogP contribution in [0.3, 0.4) is 0 Å². The minimum absolute atomic E-state index is 0.0127. The number of hydrogen-bond acceptors (Lipinski definition) is 6. The third-order valence-corrected chi connectivity index (χ3v) is 5.88. The molecular weight excluding hydrogens is 360 g/mol. The maximum Gasteiger partial charge on any atom is 0.261 e. The average molecular weight is 385 g/mol. The van der Waals surface area contributed by atoms with Gasteiger partial charge in [-0.15, -0.1) is 10.2 Å². The quantitative estimate of drug-likeness (QED) is 0.629. The summed E-state index contributed by atoms with van der Waals surface area (Å²) in [4.78, 5) is 20.5. The van der Waals surface area contributed by atoms with E-state index in [-0.39, 0.29) is 5.56 Å². The molecular formula is C19H24N6OS. The van der Waals surface area contributed by atoms with Gasteiger partial charge in [0.15, 0.2) is 11.0 Å². The van der Waals surface area contributed by atoms with Crippen LogP contribution in [0.4, 0.5) is 0 Å². The Hall–Kier alpha value is -2.19. The third kappa shape index (κ3) is 3.64. The predicted molar refractivity (Wildman–Crippen MR) is 107 cm³/mol. The smallest absolute Gasteiger partial charge is 0.261 e. The van der Waals surface area contributed by atoms with E-state index in [0.29, 0.717) is 18.5 Å². The Kier molecular flexibility index (Phi) is 5.27. The van der Waals surface area contributed by atoms with E-state index in [1.54, 1.807) is 16.3 Å². The SMILES string of the molecule is CSc1nnc(Cn2c(CN3CCCCC3)nc3ccccc3c2=O)n1C. The maximum absolute atomic E-state index is 13.2. The number of rotatable bonds is 5. The van der Waals surface area contributed by atoms with Crippen LogP contribution in [0.5, 0.6) is 0 Å².